The Hall–Kier alpha value is -1.06. The lowest BCUT2D eigenvalue weighted by Crippen LogP contribution is -2.36. The zero-order chi connectivity index (χ0) is 12.0. The molecular weight excluding hydrogens is 202 g/mol. The van der Waals surface area contributed by atoms with Crippen molar-refractivity contribution in [1.29, 1.82) is 0 Å². The highest BCUT2D eigenvalue weighted by molar-refractivity contribution is 5.27. The Balaban J connectivity index is 2.47. The summed E-state index contributed by atoms with van der Waals surface area (Å²) in [6.07, 6.45) is 0. The molecule has 3 nitrogen and oxygen atoms in total. The molecule has 1 rings (SSSR count). The van der Waals surface area contributed by atoms with Gasteiger partial charge in [0.05, 0.1) is 13.7 Å². The van der Waals surface area contributed by atoms with Crippen molar-refractivity contribution in [2.24, 2.45) is 5.92 Å². The van der Waals surface area contributed by atoms with Gasteiger partial charge in [-0.25, -0.2) is 0 Å². The first-order chi connectivity index (χ1) is 7.67. The second-order valence-corrected chi connectivity index (χ2v) is 4.26. The van der Waals surface area contributed by atoms with E-state index in [0.29, 0.717) is 5.92 Å². The van der Waals surface area contributed by atoms with Gasteiger partial charge in [0.25, 0.3) is 0 Å². The predicted octanol–water partition coefficient (Wildman–Crippen LogP) is 1.80. The number of aliphatic hydroxyl groups is 1. The van der Waals surface area contributed by atoms with Gasteiger partial charge in [-0.15, -0.1) is 0 Å². The van der Waals surface area contributed by atoms with Crippen LogP contribution < -0.4 is 10.1 Å². The minimum Gasteiger partial charge on any atom is -0.497 e. The normalized spacial score (nSPS) is 12.8. The molecule has 0 aliphatic heterocycles. The number of aliphatic hydroxyl groups excluding tert-OH is 1. The molecule has 0 fully saturated rings. The number of nitrogens with one attached hydrogen (secondary N) is 1. The minimum absolute atomic E-state index is 0.155. The van der Waals surface area contributed by atoms with E-state index in [1.54, 1.807) is 7.11 Å². The molecule has 0 amide bonds. The molecule has 2 N–H and O–H groups in total. The molecule has 0 spiro atoms. The minimum atomic E-state index is 0.155. The molecule has 16 heavy (non-hydrogen) atoms. The number of hydrogen-bond acceptors (Lipinski definition) is 3. The van der Waals surface area contributed by atoms with Crippen LogP contribution in [-0.4, -0.2) is 24.9 Å². The summed E-state index contributed by atoms with van der Waals surface area (Å²) >= 11 is 0. The lowest BCUT2D eigenvalue weighted by Gasteiger charge is -2.19. The van der Waals surface area contributed by atoms with Gasteiger partial charge in [-0.3, -0.25) is 0 Å². The van der Waals surface area contributed by atoms with E-state index < -0.39 is 0 Å². The molecule has 0 heterocycles. The van der Waals surface area contributed by atoms with Crippen molar-refractivity contribution >= 4 is 0 Å². The van der Waals surface area contributed by atoms with Crippen LogP contribution in [0.3, 0.4) is 0 Å². The van der Waals surface area contributed by atoms with E-state index in [-0.39, 0.29) is 12.6 Å². The summed E-state index contributed by atoms with van der Waals surface area (Å²) in [6.45, 7) is 5.14. The van der Waals surface area contributed by atoms with E-state index in [1.807, 2.05) is 24.3 Å². The quantitative estimate of drug-likeness (QED) is 0.772. The highest BCUT2D eigenvalue weighted by atomic mass is 16.5. The zero-order valence-corrected chi connectivity index (χ0v) is 10.2. The number of methoxy groups -OCH3 is 1. The number of benzene rings is 1. The third-order valence-electron chi connectivity index (χ3n) is 2.73. The molecule has 0 aliphatic carbocycles. The fourth-order valence-electron chi connectivity index (χ4n) is 1.50. The van der Waals surface area contributed by atoms with Gasteiger partial charge in [0.1, 0.15) is 5.75 Å². The average molecular weight is 223 g/mol. The summed E-state index contributed by atoms with van der Waals surface area (Å²) in [4.78, 5) is 0. The molecule has 3 heteroatoms. The molecule has 90 valence electrons. The fraction of sp³-hybridized carbons (Fsp3) is 0.538. The van der Waals surface area contributed by atoms with Crippen LogP contribution in [0.1, 0.15) is 19.4 Å². The molecule has 1 aromatic rings. The van der Waals surface area contributed by atoms with Crippen molar-refractivity contribution in [3.8, 4) is 5.75 Å². The number of hydrogen-bond donors (Lipinski definition) is 2. The van der Waals surface area contributed by atoms with Crippen molar-refractivity contribution < 1.29 is 9.84 Å². The molecule has 0 saturated carbocycles. The van der Waals surface area contributed by atoms with Crippen LogP contribution in [0, 0.1) is 5.92 Å². The molecule has 0 aromatic heterocycles. The summed E-state index contributed by atoms with van der Waals surface area (Å²) < 4.78 is 5.09. The summed E-state index contributed by atoms with van der Waals surface area (Å²) in [5, 5.41) is 12.5. The van der Waals surface area contributed by atoms with E-state index in [0.717, 1.165) is 12.3 Å². The second-order valence-electron chi connectivity index (χ2n) is 4.26. The highest BCUT2D eigenvalue weighted by Crippen LogP contribution is 2.11. The Kier molecular flexibility index (Phi) is 5.29. The molecule has 0 radical (unpaired) electrons. The third-order valence-corrected chi connectivity index (χ3v) is 2.73. The maximum absolute atomic E-state index is 9.17. The lowest BCUT2D eigenvalue weighted by molar-refractivity contribution is 0.210. The smallest absolute Gasteiger partial charge is 0.118 e. The maximum atomic E-state index is 9.17. The van der Waals surface area contributed by atoms with Gasteiger partial charge in [-0.1, -0.05) is 26.0 Å². The van der Waals surface area contributed by atoms with Crippen molar-refractivity contribution in [3.05, 3.63) is 29.8 Å². The molecule has 0 bridgehead atoms. The topological polar surface area (TPSA) is 41.5 Å². The molecule has 0 aliphatic rings. The van der Waals surface area contributed by atoms with Gasteiger partial charge in [-0.2, -0.15) is 0 Å². The van der Waals surface area contributed by atoms with Gasteiger partial charge in [-0.05, 0) is 23.6 Å². The maximum Gasteiger partial charge on any atom is 0.118 e. The third kappa shape index (κ3) is 3.83. The van der Waals surface area contributed by atoms with Crippen LogP contribution in [0.2, 0.25) is 0 Å². The Bertz CT molecular complexity index is 295. The molecule has 1 aromatic carbocycles. The Morgan fingerprint density at radius 3 is 2.31 bits per heavy atom. The fourth-order valence-corrected chi connectivity index (χ4v) is 1.50. The van der Waals surface area contributed by atoms with Crippen LogP contribution in [-0.2, 0) is 6.54 Å². The largest absolute Gasteiger partial charge is 0.497 e. The van der Waals surface area contributed by atoms with Gasteiger partial charge >= 0.3 is 0 Å². The van der Waals surface area contributed by atoms with Gasteiger partial charge in [0.15, 0.2) is 0 Å². The standard InChI is InChI=1S/C13H21NO2/c1-10(2)13(9-15)14-8-11-4-6-12(16-3)7-5-11/h4-7,10,13-15H,8-9H2,1-3H3. The molecule has 1 unspecified atom stereocenters. The van der Waals surface area contributed by atoms with Crippen molar-refractivity contribution in [3.63, 3.8) is 0 Å². The Morgan fingerprint density at radius 2 is 1.88 bits per heavy atom. The Morgan fingerprint density at radius 1 is 1.25 bits per heavy atom. The van der Waals surface area contributed by atoms with Crippen LogP contribution >= 0.6 is 0 Å². The summed E-state index contributed by atoms with van der Waals surface area (Å²) in [7, 11) is 1.66. The van der Waals surface area contributed by atoms with Gasteiger partial charge in [0, 0.05) is 12.6 Å². The lowest BCUT2D eigenvalue weighted by atomic mass is 10.1. The van der Waals surface area contributed by atoms with E-state index in [4.69, 9.17) is 4.74 Å². The first-order valence-corrected chi connectivity index (χ1v) is 5.64. The van der Waals surface area contributed by atoms with E-state index >= 15 is 0 Å². The SMILES string of the molecule is COc1ccc(CNC(CO)C(C)C)cc1. The molecule has 1 atom stereocenters. The number of rotatable bonds is 6. The highest BCUT2D eigenvalue weighted by Gasteiger charge is 2.10. The first kappa shape index (κ1) is 13.0. The summed E-state index contributed by atoms with van der Waals surface area (Å²) in [6, 6.07) is 8.10. The van der Waals surface area contributed by atoms with Crippen LogP contribution in [0.4, 0.5) is 0 Å². The first-order valence-electron chi connectivity index (χ1n) is 5.64. The molecule has 0 saturated heterocycles. The predicted molar refractivity (Wildman–Crippen MR) is 65.5 cm³/mol. The monoisotopic (exact) mass is 223 g/mol. The average Bonchev–Trinajstić information content (AvgIpc) is 2.30. The number of ether oxygens (including phenoxy) is 1. The van der Waals surface area contributed by atoms with E-state index in [9.17, 15) is 5.11 Å². The van der Waals surface area contributed by atoms with Crippen LogP contribution in [0.15, 0.2) is 24.3 Å². The van der Waals surface area contributed by atoms with Crippen molar-refractivity contribution in [1.82, 2.24) is 5.32 Å². The van der Waals surface area contributed by atoms with Gasteiger partial charge < -0.3 is 15.2 Å². The molecular formula is C13H21NO2. The van der Waals surface area contributed by atoms with E-state index in [2.05, 4.69) is 19.2 Å². The second kappa shape index (κ2) is 6.51. The van der Waals surface area contributed by atoms with Gasteiger partial charge in [0.2, 0.25) is 0 Å². The van der Waals surface area contributed by atoms with Crippen molar-refractivity contribution in [2.45, 2.75) is 26.4 Å². The zero-order valence-electron chi connectivity index (χ0n) is 10.2. The van der Waals surface area contributed by atoms with Crippen LogP contribution in [0.25, 0.3) is 0 Å². The summed E-state index contributed by atoms with van der Waals surface area (Å²) in [5.41, 5.74) is 1.19. The summed E-state index contributed by atoms with van der Waals surface area (Å²) in [5.74, 6) is 1.30. The van der Waals surface area contributed by atoms with Crippen LogP contribution in [0.5, 0.6) is 5.75 Å². The Labute approximate surface area is 97.4 Å². The van der Waals surface area contributed by atoms with E-state index in [1.165, 1.54) is 5.56 Å². The van der Waals surface area contributed by atoms with Crippen molar-refractivity contribution in [2.75, 3.05) is 13.7 Å².